The van der Waals surface area contributed by atoms with Gasteiger partial charge in [0, 0.05) is 24.8 Å². The number of hydrogen-bond donors (Lipinski definition) is 0. The summed E-state index contributed by atoms with van der Waals surface area (Å²) in [6.45, 7) is 2.61. The van der Waals surface area contributed by atoms with Gasteiger partial charge in [0.05, 0.1) is 17.6 Å². The molecule has 9 heteroatoms. The molecule has 0 aliphatic carbocycles. The van der Waals surface area contributed by atoms with E-state index in [0.717, 1.165) is 12.8 Å². The molecule has 0 bridgehead atoms. The Kier molecular flexibility index (Phi) is 5.44. The van der Waals surface area contributed by atoms with Crippen molar-refractivity contribution in [3.8, 4) is 11.3 Å². The van der Waals surface area contributed by atoms with Gasteiger partial charge in [-0.15, -0.1) is 0 Å². The topological polar surface area (TPSA) is 89.7 Å². The van der Waals surface area contributed by atoms with Gasteiger partial charge in [-0.1, -0.05) is 5.16 Å². The smallest absolute Gasteiger partial charge is 0.260 e. The van der Waals surface area contributed by atoms with Crippen LogP contribution >= 0.6 is 0 Å². The molecule has 0 unspecified atom stereocenters. The zero-order valence-electron chi connectivity index (χ0n) is 16.1. The van der Waals surface area contributed by atoms with Crippen molar-refractivity contribution in [2.45, 2.75) is 38.3 Å². The first-order valence-electron chi connectivity index (χ1n) is 9.69. The van der Waals surface area contributed by atoms with E-state index in [1.54, 1.807) is 11.8 Å². The van der Waals surface area contributed by atoms with Crippen molar-refractivity contribution >= 4 is 15.7 Å². The minimum Gasteiger partial charge on any atom is -0.376 e. The maximum Gasteiger partial charge on any atom is 0.260 e. The molecule has 4 rings (SSSR count). The lowest BCUT2D eigenvalue weighted by atomic mass is 10.0. The van der Waals surface area contributed by atoms with E-state index in [1.807, 2.05) is 0 Å². The summed E-state index contributed by atoms with van der Waals surface area (Å²) in [5.41, 5.74) is 1.16. The zero-order chi connectivity index (χ0) is 20.6. The van der Waals surface area contributed by atoms with Crippen molar-refractivity contribution in [1.82, 2.24) is 10.1 Å². The molecule has 2 atom stereocenters. The molecular formula is C20H23FN2O5S. The molecule has 29 heavy (non-hydrogen) atoms. The van der Waals surface area contributed by atoms with Gasteiger partial charge in [0.15, 0.2) is 9.84 Å². The minimum atomic E-state index is -3.17. The Balaban J connectivity index is 1.68. The normalized spacial score (nSPS) is 23.4. The van der Waals surface area contributed by atoms with Crippen molar-refractivity contribution in [2.24, 2.45) is 0 Å². The van der Waals surface area contributed by atoms with Crippen LogP contribution in [0.2, 0.25) is 0 Å². The Morgan fingerprint density at radius 3 is 2.66 bits per heavy atom. The van der Waals surface area contributed by atoms with Gasteiger partial charge >= 0.3 is 0 Å². The molecule has 1 aromatic heterocycles. The second-order valence-corrected chi connectivity index (χ2v) is 9.85. The Morgan fingerprint density at radius 2 is 2.03 bits per heavy atom. The van der Waals surface area contributed by atoms with Crippen LogP contribution in [0.3, 0.4) is 0 Å². The van der Waals surface area contributed by atoms with E-state index in [-0.39, 0.29) is 29.1 Å². The second kappa shape index (κ2) is 7.87. The summed E-state index contributed by atoms with van der Waals surface area (Å²) < 4.78 is 48.4. The number of ether oxygens (including phenoxy) is 1. The van der Waals surface area contributed by atoms with Gasteiger partial charge in [-0.25, -0.2) is 12.8 Å². The van der Waals surface area contributed by atoms with Gasteiger partial charge in [0.25, 0.3) is 5.91 Å². The molecule has 2 aliphatic heterocycles. The Hall–Kier alpha value is -2.26. The summed E-state index contributed by atoms with van der Waals surface area (Å²) in [5, 5.41) is 4.01. The van der Waals surface area contributed by atoms with Crippen molar-refractivity contribution in [1.29, 1.82) is 0 Å². The van der Waals surface area contributed by atoms with Crippen LogP contribution in [0.4, 0.5) is 4.39 Å². The summed E-state index contributed by atoms with van der Waals surface area (Å²) >= 11 is 0. The lowest BCUT2D eigenvalue weighted by molar-refractivity contribution is 0.0440. The number of aromatic nitrogens is 1. The maximum atomic E-state index is 13.6. The average Bonchev–Trinajstić information content (AvgIpc) is 3.40. The quantitative estimate of drug-likeness (QED) is 0.736. The number of sulfone groups is 1. The van der Waals surface area contributed by atoms with Crippen LogP contribution < -0.4 is 0 Å². The van der Waals surface area contributed by atoms with Crippen molar-refractivity contribution in [3.05, 3.63) is 41.4 Å². The highest BCUT2D eigenvalue weighted by Crippen LogP contribution is 2.30. The lowest BCUT2D eigenvalue weighted by Gasteiger charge is -2.30. The van der Waals surface area contributed by atoms with Crippen molar-refractivity contribution in [3.63, 3.8) is 0 Å². The van der Waals surface area contributed by atoms with Gasteiger partial charge in [-0.2, -0.15) is 0 Å². The van der Waals surface area contributed by atoms with Crippen LogP contribution in [0.5, 0.6) is 0 Å². The zero-order valence-corrected chi connectivity index (χ0v) is 17.0. The predicted molar refractivity (Wildman–Crippen MR) is 104 cm³/mol. The highest BCUT2D eigenvalue weighted by atomic mass is 32.2. The minimum absolute atomic E-state index is 0.0539. The first-order chi connectivity index (χ1) is 13.8. The van der Waals surface area contributed by atoms with Crippen molar-refractivity contribution < 1.29 is 26.9 Å². The number of rotatable bonds is 5. The standard InChI is InChI=1S/C20H23FN2O5S/c1-13-18(19(22-28-13)14-4-6-15(21)7-5-14)20(24)23(11-17-3-2-9-27-17)16-8-10-29(25,26)12-16/h4-7,16-17H,2-3,8-12H2,1H3/t16-,17+/m1/s1. The molecule has 1 amide bonds. The van der Waals surface area contributed by atoms with Crippen molar-refractivity contribution in [2.75, 3.05) is 24.7 Å². The number of aryl methyl sites for hydroxylation is 1. The van der Waals surface area contributed by atoms with Crippen LogP contribution in [0.25, 0.3) is 11.3 Å². The summed E-state index contributed by atoms with van der Waals surface area (Å²) in [6.07, 6.45) is 2.04. The molecule has 0 radical (unpaired) electrons. The van der Waals surface area contributed by atoms with E-state index >= 15 is 0 Å². The van der Waals surface area contributed by atoms with Crippen LogP contribution in [-0.4, -0.2) is 61.2 Å². The van der Waals surface area contributed by atoms with E-state index in [4.69, 9.17) is 9.26 Å². The lowest BCUT2D eigenvalue weighted by Crippen LogP contribution is -2.45. The first kappa shape index (κ1) is 20.0. The fourth-order valence-corrected chi connectivity index (χ4v) is 5.73. The van der Waals surface area contributed by atoms with Gasteiger partial charge in [0.1, 0.15) is 22.8 Å². The number of amides is 1. The number of hydrogen-bond acceptors (Lipinski definition) is 6. The molecule has 2 aliphatic rings. The van der Waals surface area contributed by atoms with Gasteiger partial charge in [-0.05, 0) is 50.5 Å². The molecule has 0 N–H and O–H groups in total. The Labute approximate surface area is 168 Å². The molecular weight excluding hydrogens is 399 g/mol. The highest BCUT2D eigenvalue weighted by molar-refractivity contribution is 7.91. The molecule has 7 nitrogen and oxygen atoms in total. The number of halogens is 1. The van der Waals surface area contributed by atoms with E-state index < -0.39 is 21.7 Å². The molecule has 2 fully saturated rings. The highest BCUT2D eigenvalue weighted by Gasteiger charge is 2.38. The van der Waals surface area contributed by atoms with E-state index in [0.29, 0.717) is 36.6 Å². The summed E-state index contributed by atoms with van der Waals surface area (Å²) in [6, 6.07) is 5.25. The van der Waals surface area contributed by atoms with Gasteiger partial charge < -0.3 is 14.2 Å². The van der Waals surface area contributed by atoms with Gasteiger partial charge in [-0.3, -0.25) is 4.79 Å². The largest absolute Gasteiger partial charge is 0.376 e. The monoisotopic (exact) mass is 422 g/mol. The summed E-state index contributed by atoms with van der Waals surface area (Å²) in [5.74, 6) is -0.367. The third-order valence-corrected chi connectivity index (χ3v) is 7.28. The fraction of sp³-hybridized carbons (Fsp3) is 0.500. The third kappa shape index (κ3) is 4.20. The first-order valence-corrected chi connectivity index (χ1v) is 11.5. The van der Waals surface area contributed by atoms with Crippen LogP contribution in [0.15, 0.2) is 28.8 Å². The fourth-order valence-electron chi connectivity index (χ4n) is 4.00. The number of carbonyl (C=O) groups excluding carboxylic acids is 1. The molecule has 1 aromatic carbocycles. The molecule has 156 valence electrons. The summed E-state index contributed by atoms with van der Waals surface area (Å²) in [4.78, 5) is 15.2. The second-order valence-electron chi connectivity index (χ2n) is 7.62. The molecule has 0 saturated carbocycles. The molecule has 2 saturated heterocycles. The predicted octanol–water partition coefficient (Wildman–Crippen LogP) is 2.60. The Bertz CT molecular complexity index is 996. The van der Waals surface area contributed by atoms with Crippen LogP contribution in [-0.2, 0) is 14.6 Å². The number of nitrogens with zero attached hydrogens (tertiary/aromatic N) is 2. The van der Waals surface area contributed by atoms with E-state index in [9.17, 15) is 17.6 Å². The molecule has 2 aromatic rings. The van der Waals surface area contributed by atoms with Gasteiger partial charge in [0.2, 0.25) is 0 Å². The maximum absolute atomic E-state index is 13.6. The van der Waals surface area contributed by atoms with E-state index in [2.05, 4.69) is 5.16 Å². The van der Waals surface area contributed by atoms with Crippen LogP contribution in [0, 0.1) is 12.7 Å². The third-order valence-electron chi connectivity index (χ3n) is 5.53. The van der Waals surface area contributed by atoms with Crippen LogP contribution in [0.1, 0.15) is 35.4 Å². The van der Waals surface area contributed by atoms with E-state index in [1.165, 1.54) is 24.3 Å². The molecule has 0 spiro atoms. The SMILES string of the molecule is Cc1onc(-c2ccc(F)cc2)c1C(=O)N(C[C@@H]1CCCO1)[C@@H]1CCS(=O)(=O)C1. The molecule has 3 heterocycles. The summed E-state index contributed by atoms with van der Waals surface area (Å²) in [7, 11) is -3.17. The average molecular weight is 422 g/mol. The number of carbonyl (C=O) groups is 1. The number of benzene rings is 1. The Morgan fingerprint density at radius 1 is 1.28 bits per heavy atom.